The SMILES string of the molecule is CCCC(OC(=O)OC(CCC)n1nnn(C)c1=NC(=O)c1ccc(C)c(S(C)(=O)=O)c1Cl)n1nnn(C)c1=NC(=O)c1ccc(C)c(S(C)(=O)=O)c1Cl. The number of ether oxygens (including phenoxy) is 2. The van der Waals surface area contributed by atoms with E-state index in [1.807, 2.05) is 0 Å². The molecule has 2 aromatic carbocycles. The van der Waals surface area contributed by atoms with Crippen LogP contribution >= 0.6 is 23.2 Å². The number of aromatic nitrogens is 8. The van der Waals surface area contributed by atoms with Crippen molar-refractivity contribution >= 4 is 60.8 Å². The summed E-state index contributed by atoms with van der Waals surface area (Å²) < 4.78 is 65.2. The van der Waals surface area contributed by atoms with Gasteiger partial charge in [-0.05, 0) is 58.0 Å². The Morgan fingerprint density at radius 2 is 1.04 bits per heavy atom. The Labute approximate surface area is 320 Å². The molecule has 2 atom stereocenters. The molecule has 0 aliphatic heterocycles. The molecular formula is C31H38Cl2N10O9S2. The highest BCUT2D eigenvalue weighted by Crippen LogP contribution is 2.30. The maximum atomic E-state index is 13.4. The average molecular weight is 830 g/mol. The normalized spacial score (nSPS) is 13.9. The number of nitrogens with zero attached hydrogens (tertiary/aromatic N) is 10. The summed E-state index contributed by atoms with van der Waals surface area (Å²) in [7, 11) is -4.70. The highest BCUT2D eigenvalue weighted by Gasteiger charge is 2.28. The molecule has 0 bridgehead atoms. The molecule has 292 valence electrons. The van der Waals surface area contributed by atoms with Crippen molar-refractivity contribution in [1.82, 2.24) is 39.6 Å². The number of tetrazole rings is 2. The second kappa shape index (κ2) is 16.7. The summed E-state index contributed by atoms with van der Waals surface area (Å²) in [5, 5.41) is 15.2. The zero-order chi connectivity index (χ0) is 40.3. The van der Waals surface area contributed by atoms with Gasteiger partial charge in [0.05, 0.1) is 31.0 Å². The Morgan fingerprint density at radius 3 is 1.35 bits per heavy atom. The zero-order valence-corrected chi connectivity index (χ0v) is 33.7. The first-order chi connectivity index (χ1) is 25.2. The molecule has 2 amide bonds. The van der Waals surface area contributed by atoms with Crippen molar-refractivity contribution in [2.24, 2.45) is 24.1 Å². The Morgan fingerprint density at radius 1 is 0.685 bits per heavy atom. The fourth-order valence-electron chi connectivity index (χ4n) is 5.34. The maximum absolute atomic E-state index is 13.4. The summed E-state index contributed by atoms with van der Waals surface area (Å²) in [6, 6.07) is 5.56. The summed E-state index contributed by atoms with van der Waals surface area (Å²) in [6.45, 7) is 6.69. The molecule has 23 heteroatoms. The van der Waals surface area contributed by atoms with Gasteiger partial charge >= 0.3 is 6.16 Å². The number of sulfone groups is 2. The van der Waals surface area contributed by atoms with Crippen LogP contribution in [0.3, 0.4) is 0 Å². The summed E-state index contributed by atoms with van der Waals surface area (Å²) in [5.41, 5.74) is -0.00831. The van der Waals surface area contributed by atoms with Crippen molar-refractivity contribution in [3.05, 3.63) is 67.8 Å². The number of hydrogen-bond donors (Lipinski definition) is 0. The number of halogens is 2. The van der Waals surface area contributed by atoms with E-state index >= 15 is 0 Å². The molecule has 0 radical (unpaired) electrons. The predicted molar refractivity (Wildman–Crippen MR) is 192 cm³/mol. The van der Waals surface area contributed by atoms with Crippen molar-refractivity contribution in [3.63, 3.8) is 0 Å². The fraction of sp³-hybridized carbons (Fsp3) is 0.452. The highest BCUT2D eigenvalue weighted by atomic mass is 35.5. The minimum atomic E-state index is -3.79. The Balaban J connectivity index is 1.67. The van der Waals surface area contributed by atoms with Crippen LogP contribution in [-0.2, 0) is 43.2 Å². The number of amides is 2. The molecule has 19 nitrogen and oxygen atoms in total. The summed E-state index contributed by atoms with van der Waals surface area (Å²) in [4.78, 5) is 47.8. The van der Waals surface area contributed by atoms with Crippen LogP contribution < -0.4 is 11.2 Å². The van der Waals surface area contributed by atoms with Crippen molar-refractivity contribution in [1.29, 1.82) is 0 Å². The lowest BCUT2D eigenvalue weighted by Gasteiger charge is -2.20. The fourth-order valence-corrected chi connectivity index (χ4v) is 8.94. The van der Waals surface area contributed by atoms with E-state index in [0.717, 1.165) is 31.2 Å². The van der Waals surface area contributed by atoms with Crippen molar-refractivity contribution < 1.29 is 40.7 Å². The van der Waals surface area contributed by atoms with Crippen LogP contribution in [0.5, 0.6) is 0 Å². The zero-order valence-electron chi connectivity index (χ0n) is 30.5. The monoisotopic (exact) mass is 828 g/mol. The van der Waals surface area contributed by atoms with Crippen LogP contribution in [0.1, 0.15) is 83.8 Å². The predicted octanol–water partition coefficient (Wildman–Crippen LogP) is 3.21. The van der Waals surface area contributed by atoms with Crippen molar-refractivity contribution in [2.75, 3.05) is 12.5 Å². The number of hydrogen-bond acceptors (Lipinski definition) is 13. The first kappa shape index (κ1) is 42.0. The smallest absolute Gasteiger partial charge is 0.408 e. The molecular weight excluding hydrogens is 791 g/mol. The van der Waals surface area contributed by atoms with E-state index in [-0.39, 0.29) is 55.0 Å². The number of carbonyl (C=O) groups excluding carboxylic acids is 3. The molecule has 4 aromatic rings. The van der Waals surface area contributed by atoms with Crippen LogP contribution in [0.15, 0.2) is 44.0 Å². The average Bonchev–Trinajstić information content (AvgIpc) is 3.60. The Kier molecular flexibility index (Phi) is 13.0. The minimum Gasteiger partial charge on any atom is -0.408 e. The van der Waals surface area contributed by atoms with Crippen LogP contribution in [0.4, 0.5) is 4.79 Å². The summed E-state index contributed by atoms with van der Waals surface area (Å²) >= 11 is 12.7. The number of aryl methyl sites for hydroxylation is 4. The van der Waals surface area contributed by atoms with Crippen molar-refractivity contribution in [2.45, 2.75) is 75.6 Å². The van der Waals surface area contributed by atoms with Gasteiger partial charge < -0.3 is 9.47 Å². The van der Waals surface area contributed by atoms with E-state index < -0.39 is 50.1 Å². The van der Waals surface area contributed by atoms with Crippen molar-refractivity contribution in [3.8, 4) is 0 Å². The van der Waals surface area contributed by atoms with Gasteiger partial charge in [0.25, 0.3) is 23.1 Å². The molecule has 4 rings (SSSR count). The van der Waals surface area contributed by atoms with Crippen LogP contribution in [-0.4, -0.2) is 86.9 Å². The van der Waals surface area contributed by atoms with E-state index in [0.29, 0.717) is 24.0 Å². The van der Waals surface area contributed by atoms with Gasteiger partial charge in [0.1, 0.15) is 0 Å². The third kappa shape index (κ3) is 9.13. The molecule has 0 aliphatic carbocycles. The van der Waals surface area contributed by atoms with Gasteiger partial charge in [0.2, 0.25) is 12.5 Å². The molecule has 2 unspecified atom stereocenters. The molecule has 0 fully saturated rings. The Bertz CT molecular complexity index is 2320. The molecule has 0 saturated heterocycles. The minimum absolute atomic E-state index is 0.161. The van der Waals surface area contributed by atoms with E-state index in [9.17, 15) is 31.2 Å². The van der Waals surface area contributed by atoms with Gasteiger partial charge in [-0.2, -0.15) is 19.3 Å². The van der Waals surface area contributed by atoms with Gasteiger partial charge in [-0.3, -0.25) is 9.59 Å². The van der Waals surface area contributed by atoms with Gasteiger partial charge in [0.15, 0.2) is 19.7 Å². The lowest BCUT2D eigenvalue weighted by Crippen LogP contribution is -2.35. The molecule has 0 spiro atoms. The topological polar surface area (TPSA) is 234 Å². The molecule has 0 saturated carbocycles. The Hall–Kier alpha value is -4.73. The van der Waals surface area contributed by atoms with Crippen LogP contribution in [0.25, 0.3) is 0 Å². The summed E-state index contributed by atoms with van der Waals surface area (Å²) in [6.07, 6.45) is -0.403. The maximum Gasteiger partial charge on any atom is 0.512 e. The third-order valence-corrected chi connectivity index (χ3v) is 11.3. The molecule has 54 heavy (non-hydrogen) atoms. The first-order valence-corrected chi connectivity index (χ1v) is 20.8. The van der Waals surface area contributed by atoms with Gasteiger partial charge in [-0.25, -0.2) is 31.0 Å². The van der Waals surface area contributed by atoms with Gasteiger partial charge in [-0.15, -0.1) is 0 Å². The van der Waals surface area contributed by atoms with E-state index in [1.54, 1.807) is 27.7 Å². The number of benzene rings is 2. The second-order valence-electron chi connectivity index (χ2n) is 12.2. The quantitative estimate of drug-likeness (QED) is 0.187. The van der Waals surface area contributed by atoms with E-state index in [1.165, 1.54) is 38.4 Å². The lowest BCUT2D eigenvalue weighted by molar-refractivity contribution is -0.0565. The van der Waals surface area contributed by atoms with E-state index in [4.69, 9.17) is 32.7 Å². The summed E-state index contributed by atoms with van der Waals surface area (Å²) in [5.74, 6) is -1.82. The molecule has 2 heterocycles. The number of carbonyl (C=O) groups is 3. The lowest BCUT2D eigenvalue weighted by atomic mass is 10.1. The third-order valence-electron chi connectivity index (χ3n) is 7.80. The molecule has 0 N–H and O–H groups in total. The van der Waals surface area contributed by atoms with Gasteiger partial charge in [0, 0.05) is 39.4 Å². The molecule has 0 aliphatic rings. The highest BCUT2D eigenvalue weighted by molar-refractivity contribution is 7.91. The van der Waals surface area contributed by atoms with Crippen LogP contribution in [0.2, 0.25) is 10.0 Å². The second-order valence-corrected chi connectivity index (χ2v) is 16.9. The largest absolute Gasteiger partial charge is 0.512 e. The van der Waals surface area contributed by atoms with Crippen LogP contribution in [0, 0.1) is 13.8 Å². The standard InChI is InChI=1S/C31H38Cl2N10O9S2/c1-9-11-21(42-29(40(5)36-38-42)34-27(44)19-15-13-17(3)25(23(19)32)53(7,47)48)51-31(46)52-22(12-10-2)43-30(41(6)37-39-43)35-28(45)20-16-14-18(4)26(24(20)33)54(8,49)50/h13-16,21-22H,9-12H2,1-8H3. The van der Waals surface area contributed by atoms with E-state index in [2.05, 4.69) is 30.8 Å². The van der Waals surface area contributed by atoms with Gasteiger partial charge in [-0.1, -0.05) is 62.0 Å². The number of rotatable bonds is 12. The first-order valence-electron chi connectivity index (χ1n) is 16.2. The molecule has 2 aromatic heterocycles.